The summed E-state index contributed by atoms with van der Waals surface area (Å²) in [5, 5.41) is 3.35. The molecule has 1 fully saturated rings. The van der Waals surface area contributed by atoms with Gasteiger partial charge in [-0.15, -0.1) is 0 Å². The predicted molar refractivity (Wildman–Crippen MR) is 123 cm³/mol. The summed E-state index contributed by atoms with van der Waals surface area (Å²) >= 11 is 0. The molecule has 1 aliphatic carbocycles. The molecule has 2 atom stereocenters. The summed E-state index contributed by atoms with van der Waals surface area (Å²) in [5.41, 5.74) is 1.42. The van der Waals surface area contributed by atoms with Gasteiger partial charge in [0.2, 0.25) is 0 Å². The second-order valence-corrected chi connectivity index (χ2v) is 12.7. The molecule has 1 saturated carbocycles. The first-order valence-electron chi connectivity index (χ1n) is 11.9. The van der Waals surface area contributed by atoms with E-state index >= 15 is 0 Å². The van der Waals surface area contributed by atoms with Crippen LogP contribution in [0.1, 0.15) is 114 Å². The lowest BCUT2D eigenvalue weighted by Gasteiger charge is -2.44. The fourth-order valence-corrected chi connectivity index (χ4v) is 5.06. The molecule has 162 valence electrons. The van der Waals surface area contributed by atoms with E-state index < -0.39 is 0 Å². The van der Waals surface area contributed by atoms with E-state index in [0.717, 1.165) is 30.2 Å². The van der Waals surface area contributed by atoms with Crippen molar-refractivity contribution in [2.24, 2.45) is 39.9 Å². The highest BCUT2D eigenvalue weighted by molar-refractivity contribution is 4.96. The quantitative estimate of drug-likeness (QED) is 0.323. The summed E-state index contributed by atoms with van der Waals surface area (Å²) in [5.74, 6) is 3.43. The van der Waals surface area contributed by atoms with Crippen LogP contribution in [0.25, 0.3) is 0 Å². The SMILES string of the molecule is CNCC(C)CCC(C)(C)CC(CC(C)(C)CCC(C)C)C(C)(C)C1CC1. The monoisotopic (exact) mass is 379 g/mol. The first-order valence-corrected chi connectivity index (χ1v) is 11.9. The molecule has 2 unspecified atom stereocenters. The summed E-state index contributed by atoms with van der Waals surface area (Å²) in [7, 11) is 2.08. The molecule has 1 N–H and O–H groups in total. The highest BCUT2D eigenvalue weighted by atomic mass is 14.8. The van der Waals surface area contributed by atoms with E-state index in [4.69, 9.17) is 0 Å². The van der Waals surface area contributed by atoms with Crippen LogP contribution in [-0.4, -0.2) is 13.6 Å². The molecule has 0 saturated heterocycles. The van der Waals surface area contributed by atoms with Gasteiger partial charge in [0.25, 0.3) is 0 Å². The summed E-state index contributed by atoms with van der Waals surface area (Å²) in [6.45, 7) is 23.6. The second kappa shape index (κ2) is 10.1. The number of rotatable bonds is 14. The minimum atomic E-state index is 0.451. The van der Waals surface area contributed by atoms with Crippen LogP contribution in [0.3, 0.4) is 0 Å². The van der Waals surface area contributed by atoms with E-state index in [1.54, 1.807) is 0 Å². The van der Waals surface area contributed by atoms with Crippen molar-refractivity contribution in [3.05, 3.63) is 0 Å². The van der Waals surface area contributed by atoms with E-state index in [1.165, 1.54) is 51.4 Å². The van der Waals surface area contributed by atoms with Gasteiger partial charge in [0.05, 0.1) is 0 Å². The minimum Gasteiger partial charge on any atom is -0.319 e. The molecule has 1 heteroatoms. The normalized spacial score (nSPS) is 18.8. The van der Waals surface area contributed by atoms with Gasteiger partial charge < -0.3 is 5.32 Å². The maximum Gasteiger partial charge on any atom is -0.00262 e. The van der Waals surface area contributed by atoms with Crippen molar-refractivity contribution in [1.82, 2.24) is 5.32 Å². The highest BCUT2D eigenvalue weighted by Crippen LogP contribution is 2.55. The van der Waals surface area contributed by atoms with E-state index in [1.807, 2.05) is 0 Å². The molecule has 0 amide bonds. The number of nitrogens with one attached hydrogen (secondary N) is 1. The third-order valence-corrected chi connectivity index (χ3v) is 7.54. The van der Waals surface area contributed by atoms with Gasteiger partial charge in [0, 0.05) is 0 Å². The maximum absolute atomic E-state index is 3.35. The molecule has 0 bridgehead atoms. The third kappa shape index (κ3) is 9.33. The Balaban J connectivity index is 2.79. The minimum absolute atomic E-state index is 0.451. The zero-order chi connectivity index (χ0) is 20.9. The molecule has 1 nitrogen and oxygen atoms in total. The van der Waals surface area contributed by atoms with Crippen LogP contribution in [0.5, 0.6) is 0 Å². The number of hydrogen-bond acceptors (Lipinski definition) is 1. The van der Waals surface area contributed by atoms with Gasteiger partial charge in [0.15, 0.2) is 0 Å². The second-order valence-electron chi connectivity index (χ2n) is 12.7. The summed E-state index contributed by atoms with van der Waals surface area (Å²) in [6.07, 6.45) is 11.2. The zero-order valence-electron chi connectivity index (χ0n) is 20.7. The van der Waals surface area contributed by atoms with E-state index in [2.05, 4.69) is 74.7 Å². The Morgan fingerprint density at radius 1 is 0.815 bits per heavy atom. The fraction of sp³-hybridized carbons (Fsp3) is 1.00. The van der Waals surface area contributed by atoms with Crippen molar-refractivity contribution in [3.63, 3.8) is 0 Å². The van der Waals surface area contributed by atoms with Gasteiger partial charge in [-0.25, -0.2) is 0 Å². The predicted octanol–water partition coefficient (Wildman–Crippen LogP) is 7.94. The topological polar surface area (TPSA) is 12.0 Å². The van der Waals surface area contributed by atoms with Crippen LogP contribution < -0.4 is 5.32 Å². The smallest absolute Gasteiger partial charge is 0.00262 e. The van der Waals surface area contributed by atoms with Gasteiger partial charge in [-0.2, -0.15) is 0 Å². The molecule has 1 rings (SSSR count). The molecule has 0 aromatic heterocycles. The molecule has 0 aromatic rings. The standard InChI is InChI=1S/C26H53N/c1-20(2)13-15-24(4,5)17-23(26(8,9)22-11-12-22)18-25(6,7)16-14-21(3)19-27-10/h20-23,27H,11-19H2,1-10H3. The van der Waals surface area contributed by atoms with Crippen LogP contribution in [0, 0.1) is 39.9 Å². The molecule has 0 aliphatic heterocycles. The summed E-state index contributed by atoms with van der Waals surface area (Å²) in [4.78, 5) is 0. The van der Waals surface area contributed by atoms with Gasteiger partial charge >= 0.3 is 0 Å². The lowest BCUT2D eigenvalue weighted by Crippen LogP contribution is -2.34. The average Bonchev–Trinajstić information content (AvgIpc) is 3.36. The molecule has 0 radical (unpaired) electrons. The Bertz CT molecular complexity index is 414. The Labute approximate surface area is 172 Å². The van der Waals surface area contributed by atoms with Crippen molar-refractivity contribution >= 4 is 0 Å². The van der Waals surface area contributed by atoms with E-state index in [0.29, 0.717) is 16.2 Å². The molecule has 1 aliphatic rings. The highest BCUT2D eigenvalue weighted by Gasteiger charge is 2.45. The van der Waals surface area contributed by atoms with Gasteiger partial charge in [-0.3, -0.25) is 0 Å². The van der Waals surface area contributed by atoms with Gasteiger partial charge in [-0.1, -0.05) is 68.7 Å². The van der Waals surface area contributed by atoms with Crippen LogP contribution in [-0.2, 0) is 0 Å². The van der Waals surface area contributed by atoms with Crippen molar-refractivity contribution in [1.29, 1.82) is 0 Å². The largest absolute Gasteiger partial charge is 0.319 e. The fourth-order valence-electron chi connectivity index (χ4n) is 5.06. The van der Waals surface area contributed by atoms with Gasteiger partial charge in [0.1, 0.15) is 0 Å². The lowest BCUT2D eigenvalue weighted by molar-refractivity contribution is 0.0624. The van der Waals surface area contributed by atoms with E-state index in [9.17, 15) is 0 Å². The Morgan fingerprint density at radius 3 is 1.70 bits per heavy atom. The molecule has 27 heavy (non-hydrogen) atoms. The van der Waals surface area contributed by atoms with Crippen LogP contribution in [0.2, 0.25) is 0 Å². The van der Waals surface area contributed by atoms with Crippen LogP contribution >= 0.6 is 0 Å². The Morgan fingerprint density at radius 2 is 1.30 bits per heavy atom. The van der Waals surface area contributed by atoms with Gasteiger partial charge in [-0.05, 0) is 98.5 Å². The van der Waals surface area contributed by atoms with Crippen LogP contribution in [0.15, 0.2) is 0 Å². The maximum atomic E-state index is 3.35. The van der Waals surface area contributed by atoms with E-state index in [-0.39, 0.29) is 0 Å². The lowest BCUT2D eigenvalue weighted by atomic mass is 9.61. The molecular formula is C26H53N. The molecular weight excluding hydrogens is 326 g/mol. The molecule has 0 heterocycles. The van der Waals surface area contributed by atoms with Crippen molar-refractivity contribution in [3.8, 4) is 0 Å². The third-order valence-electron chi connectivity index (χ3n) is 7.54. The average molecular weight is 380 g/mol. The summed E-state index contributed by atoms with van der Waals surface area (Å²) in [6, 6.07) is 0. The molecule has 0 spiro atoms. The zero-order valence-corrected chi connectivity index (χ0v) is 20.7. The Hall–Kier alpha value is -0.0400. The van der Waals surface area contributed by atoms with Crippen molar-refractivity contribution < 1.29 is 0 Å². The number of hydrogen-bond donors (Lipinski definition) is 1. The molecule has 0 aromatic carbocycles. The van der Waals surface area contributed by atoms with Crippen LogP contribution in [0.4, 0.5) is 0 Å². The van der Waals surface area contributed by atoms with Crippen molar-refractivity contribution in [2.75, 3.05) is 13.6 Å². The summed E-state index contributed by atoms with van der Waals surface area (Å²) < 4.78 is 0. The first-order chi connectivity index (χ1) is 12.3. The van der Waals surface area contributed by atoms with Crippen molar-refractivity contribution in [2.45, 2.75) is 114 Å². The Kier molecular flexibility index (Phi) is 9.38. The first kappa shape index (κ1) is 25.0.